The number of aromatic nitrogens is 2. The number of methoxy groups -OCH3 is 1. The Balaban J connectivity index is 1.53. The van der Waals surface area contributed by atoms with Gasteiger partial charge in [-0.15, -0.1) is 0 Å². The van der Waals surface area contributed by atoms with E-state index >= 15 is 0 Å². The first kappa shape index (κ1) is 20.4. The Labute approximate surface area is 184 Å². The molecule has 4 rings (SSSR count). The maximum Gasteiger partial charge on any atom is 0.255 e. The van der Waals surface area contributed by atoms with Crippen LogP contribution in [0.15, 0.2) is 85.2 Å². The summed E-state index contributed by atoms with van der Waals surface area (Å²) in [6.07, 6.45) is 1.43. The highest BCUT2D eigenvalue weighted by Gasteiger charge is 2.11. The summed E-state index contributed by atoms with van der Waals surface area (Å²) in [7, 11) is 1.54. The van der Waals surface area contributed by atoms with E-state index in [1.165, 1.54) is 13.4 Å². The van der Waals surface area contributed by atoms with Gasteiger partial charge in [-0.05, 0) is 42.5 Å². The molecule has 0 spiro atoms. The smallest absolute Gasteiger partial charge is 0.255 e. The fourth-order valence-corrected chi connectivity index (χ4v) is 3.19. The second-order valence-electron chi connectivity index (χ2n) is 6.54. The molecule has 0 saturated heterocycles. The third kappa shape index (κ3) is 4.99. The lowest BCUT2D eigenvalue weighted by atomic mass is 10.1. The predicted molar refractivity (Wildman–Crippen MR) is 120 cm³/mol. The summed E-state index contributed by atoms with van der Waals surface area (Å²) >= 11 is 6.13. The molecule has 6 nitrogen and oxygen atoms in total. The van der Waals surface area contributed by atoms with Crippen LogP contribution in [0.5, 0.6) is 17.4 Å². The second-order valence-corrected chi connectivity index (χ2v) is 6.95. The molecule has 0 aliphatic carbocycles. The van der Waals surface area contributed by atoms with Gasteiger partial charge in [0, 0.05) is 22.9 Å². The van der Waals surface area contributed by atoms with E-state index in [0.717, 1.165) is 5.56 Å². The van der Waals surface area contributed by atoms with Crippen molar-refractivity contribution in [1.82, 2.24) is 9.97 Å². The molecule has 7 heteroatoms. The van der Waals surface area contributed by atoms with Crippen LogP contribution < -0.4 is 14.8 Å². The normalized spacial score (nSPS) is 10.4. The van der Waals surface area contributed by atoms with Crippen molar-refractivity contribution in [1.29, 1.82) is 0 Å². The van der Waals surface area contributed by atoms with Gasteiger partial charge in [0.15, 0.2) is 0 Å². The summed E-state index contributed by atoms with van der Waals surface area (Å²) in [5.74, 6) is 1.37. The molecule has 0 saturated carbocycles. The molecule has 1 aromatic heterocycles. The first-order chi connectivity index (χ1) is 15.1. The molecule has 0 unspecified atom stereocenters. The Bertz CT molecular complexity index is 1220. The van der Waals surface area contributed by atoms with Crippen molar-refractivity contribution >= 4 is 23.2 Å². The molecule has 0 aliphatic heterocycles. The average molecular weight is 432 g/mol. The summed E-state index contributed by atoms with van der Waals surface area (Å²) in [5.41, 5.74) is 2.46. The Morgan fingerprint density at radius 2 is 1.77 bits per heavy atom. The van der Waals surface area contributed by atoms with Crippen LogP contribution in [0, 0.1) is 0 Å². The lowest BCUT2D eigenvalue weighted by Gasteiger charge is -2.09. The third-order valence-corrected chi connectivity index (χ3v) is 4.73. The number of anilines is 1. The molecule has 4 aromatic rings. The fraction of sp³-hybridized carbons (Fsp3) is 0.0417. The maximum atomic E-state index is 12.7. The largest absolute Gasteiger partial charge is 0.495 e. The SMILES string of the molecule is COc1ccc(NC(=O)c2cccc(-c3cc(Oc4ccccc4)ncn3)c2)cc1Cl. The van der Waals surface area contributed by atoms with Gasteiger partial charge in [-0.2, -0.15) is 0 Å². The number of benzene rings is 3. The minimum atomic E-state index is -0.266. The van der Waals surface area contributed by atoms with Crippen LogP contribution in [0.2, 0.25) is 5.02 Å². The zero-order chi connectivity index (χ0) is 21.6. The van der Waals surface area contributed by atoms with E-state index in [9.17, 15) is 4.79 Å². The first-order valence-electron chi connectivity index (χ1n) is 9.42. The van der Waals surface area contributed by atoms with Gasteiger partial charge in [-0.25, -0.2) is 9.97 Å². The number of nitrogens with one attached hydrogen (secondary N) is 1. The van der Waals surface area contributed by atoms with E-state index in [0.29, 0.717) is 39.3 Å². The quantitative estimate of drug-likeness (QED) is 0.414. The maximum absolute atomic E-state index is 12.7. The molecular weight excluding hydrogens is 414 g/mol. The third-order valence-electron chi connectivity index (χ3n) is 4.44. The fourth-order valence-electron chi connectivity index (χ4n) is 2.93. The van der Waals surface area contributed by atoms with Crippen LogP contribution in [0.3, 0.4) is 0 Å². The highest BCUT2D eigenvalue weighted by atomic mass is 35.5. The van der Waals surface area contributed by atoms with Crippen LogP contribution in [0.1, 0.15) is 10.4 Å². The predicted octanol–water partition coefficient (Wildman–Crippen LogP) is 5.85. The van der Waals surface area contributed by atoms with Crippen LogP contribution in [0.25, 0.3) is 11.3 Å². The van der Waals surface area contributed by atoms with Gasteiger partial charge in [0.25, 0.3) is 5.91 Å². The van der Waals surface area contributed by atoms with Gasteiger partial charge in [0.1, 0.15) is 17.8 Å². The van der Waals surface area contributed by atoms with Crippen molar-refractivity contribution in [2.45, 2.75) is 0 Å². The monoisotopic (exact) mass is 431 g/mol. The molecule has 0 fully saturated rings. The number of nitrogens with zero attached hydrogens (tertiary/aromatic N) is 2. The summed E-state index contributed by atoms with van der Waals surface area (Å²) in [5, 5.41) is 3.25. The molecule has 0 bridgehead atoms. The summed E-state index contributed by atoms with van der Waals surface area (Å²) in [6, 6.07) is 23.3. The van der Waals surface area contributed by atoms with Crippen molar-refractivity contribution in [3.8, 4) is 28.6 Å². The number of hydrogen-bond acceptors (Lipinski definition) is 5. The molecule has 0 atom stereocenters. The van der Waals surface area contributed by atoms with Crippen LogP contribution >= 0.6 is 11.6 Å². The van der Waals surface area contributed by atoms with Crippen molar-refractivity contribution in [3.05, 3.63) is 95.8 Å². The van der Waals surface area contributed by atoms with Crippen molar-refractivity contribution in [2.24, 2.45) is 0 Å². The number of carbonyl (C=O) groups is 1. The molecule has 1 N–H and O–H groups in total. The lowest BCUT2D eigenvalue weighted by molar-refractivity contribution is 0.102. The zero-order valence-electron chi connectivity index (χ0n) is 16.6. The lowest BCUT2D eigenvalue weighted by Crippen LogP contribution is -2.12. The topological polar surface area (TPSA) is 73.3 Å². The Morgan fingerprint density at radius 3 is 2.55 bits per heavy atom. The zero-order valence-corrected chi connectivity index (χ0v) is 17.3. The number of hydrogen-bond donors (Lipinski definition) is 1. The number of rotatable bonds is 6. The van der Waals surface area contributed by atoms with E-state index < -0.39 is 0 Å². The molecule has 0 aliphatic rings. The molecule has 3 aromatic carbocycles. The van der Waals surface area contributed by atoms with Gasteiger partial charge >= 0.3 is 0 Å². The molecular formula is C24H18ClN3O3. The molecule has 1 amide bonds. The summed E-state index contributed by atoms with van der Waals surface area (Å²) in [4.78, 5) is 21.2. The summed E-state index contributed by atoms with van der Waals surface area (Å²) in [6.45, 7) is 0. The minimum Gasteiger partial charge on any atom is -0.495 e. The Hall–Kier alpha value is -3.90. The highest BCUT2D eigenvalue weighted by molar-refractivity contribution is 6.32. The molecule has 1 heterocycles. The van der Waals surface area contributed by atoms with E-state index in [1.807, 2.05) is 36.4 Å². The summed E-state index contributed by atoms with van der Waals surface area (Å²) < 4.78 is 10.9. The Morgan fingerprint density at radius 1 is 0.935 bits per heavy atom. The van der Waals surface area contributed by atoms with E-state index in [-0.39, 0.29) is 5.91 Å². The number of amides is 1. The highest BCUT2D eigenvalue weighted by Crippen LogP contribution is 2.28. The van der Waals surface area contributed by atoms with Crippen molar-refractivity contribution < 1.29 is 14.3 Å². The van der Waals surface area contributed by atoms with Crippen molar-refractivity contribution in [3.63, 3.8) is 0 Å². The average Bonchev–Trinajstić information content (AvgIpc) is 2.80. The van der Waals surface area contributed by atoms with Crippen LogP contribution in [-0.2, 0) is 0 Å². The van der Waals surface area contributed by atoms with Gasteiger partial charge in [-0.3, -0.25) is 4.79 Å². The standard InChI is InChI=1S/C24H18ClN3O3/c1-30-22-11-10-18(13-20(22)25)28-24(29)17-7-5-6-16(12-17)21-14-23(27-15-26-21)31-19-8-3-2-4-9-19/h2-15H,1H3,(H,28,29). The van der Waals surface area contributed by atoms with Gasteiger partial charge in [0.05, 0.1) is 17.8 Å². The van der Waals surface area contributed by atoms with Gasteiger partial charge in [-0.1, -0.05) is 41.9 Å². The van der Waals surface area contributed by atoms with E-state index in [2.05, 4.69) is 15.3 Å². The van der Waals surface area contributed by atoms with E-state index in [1.54, 1.807) is 42.5 Å². The molecule has 154 valence electrons. The second kappa shape index (κ2) is 9.28. The minimum absolute atomic E-state index is 0.266. The van der Waals surface area contributed by atoms with Gasteiger partial charge in [0.2, 0.25) is 5.88 Å². The van der Waals surface area contributed by atoms with Gasteiger partial charge < -0.3 is 14.8 Å². The molecule has 0 radical (unpaired) electrons. The Kier molecular flexibility index (Phi) is 6.10. The number of para-hydroxylation sites is 1. The van der Waals surface area contributed by atoms with Crippen LogP contribution in [-0.4, -0.2) is 23.0 Å². The van der Waals surface area contributed by atoms with Crippen LogP contribution in [0.4, 0.5) is 5.69 Å². The molecule has 31 heavy (non-hydrogen) atoms. The first-order valence-corrected chi connectivity index (χ1v) is 9.80. The van der Waals surface area contributed by atoms with Crippen molar-refractivity contribution in [2.75, 3.05) is 12.4 Å². The number of ether oxygens (including phenoxy) is 2. The number of halogens is 1. The van der Waals surface area contributed by atoms with E-state index in [4.69, 9.17) is 21.1 Å². The number of carbonyl (C=O) groups excluding carboxylic acids is 1.